The predicted octanol–water partition coefficient (Wildman–Crippen LogP) is 3.89. The molecule has 5 nitrogen and oxygen atoms in total. The highest BCUT2D eigenvalue weighted by molar-refractivity contribution is 7.90. The number of benzene rings is 3. The summed E-state index contributed by atoms with van der Waals surface area (Å²) in [6, 6.07) is 25.9. The first-order valence-electron chi connectivity index (χ1n) is 7.94. The van der Waals surface area contributed by atoms with Crippen LogP contribution in [0.15, 0.2) is 95.9 Å². The van der Waals surface area contributed by atoms with E-state index < -0.39 is 22.2 Å². The Morgan fingerprint density at radius 1 is 0.731 bits per heavy atom. The molecule has 0 aliphatic rings. The quantitative estimate of drug-likeness (QED) is 0.742. The Bertz CT molecular complexity index is 919. The lowest BCUT2D eigenvalue weighted by molar-refractivity contribution is 0.122. The SMILES string of the molecule is O=C(NS(=O)(=O)c1ccccc1)OC(c1ccccc1)c1ccccc1. The Morgan fingerprint density at radius 3 is 1.62 bits per heavy atom. The zero-order valence-corrected chi connectivity index (χ0v) is 14.6. The van der Waals surface area contributed by atoms with E-state index in [9.17, 15) is 13.2 Å². The van der Waals surface area contributed by atoms with E-state index in [1.54, 1.807) is 18.2 Å². The molecule has 1 N–H and O–H groups in total. The molecule has 0 atom stereocenters. The summed E-state index contributed by atoms with van der Waals surface area (Å²) in [5.41, 5.74) is 1.48. The molecule has 6 heteroatoms. The van der Waals surface area contributed by atoms with Gasteiger partial charge in [-0.1, -0.05) is 78.9 Å². The average Bonchev–Trinajstić information content (AvgIpc) is 2.68. The van der Waals surface area contributed by atoms with Crippen molar-refractivity contribution in [2.75, 3.05) is 0 Å². The minimum Gasteiger partial charge on any atom is -0.436 e. The fourth-order valence-corrected chi connectivity index (χ4v) is 3.38. The molecule has 1 amide bonds. The molecule has 26 heavy (non-hydrogen) atoms. The van der Waals surface area contributed by atoms with Gasteiger partial charge in [-0.05, 0) is 23.3 Å². The van der Waals surface area contributed by atoms with Gasteiger partial charge >= 0.3 is 6.09 Å². The van der Waals surface area contributed by atoms with Crippen LogP contribution in [0.1, 0.15) is 17.2 Å². The van der Waals surface area contributed by atoms with E-state index in [4.69, 9.17) is 4.74 Å². The second-order valence-electron chi connectivity index (χ2n) is 5.53. The highest BCUT2D eigenvalue weighted by atomic mass is 32.2. The lowest BCUT2D eigenvalue weighted by Gasteiger charge is -2.19. The van der Waals surface area contributed by atoms with Crippen LogP contribution in [0.2, 0.25) is 0 Å². The number of nitrogens with one attached hydrogen (secondary N) is 1. The summed E-state index contributed by atoms with van der Waals surface area (Å²) in [5.74, 6) is 0. The minimum atomic E-state index is -3.99. The number of carbonyl (C=O) groups is 1. The number of hydrogen-bond donors (Lipinski definition) is 1. The monoisotopic (exact) mass is 367 g/mol. The molecule has 0 unspecified atom stereocenters. The van der Waals surface area contributed by atoms with E-state index in [1.165, 1.54) is 12.1 Å². The Balaban J connectivity index is 1.82. The van der Waals surface area contributed by atoms with E-state index >= 15 is 0 Å². The second-order valence-corrected chi connectivity index (χ2v) is 7.21. The zero-order chi connectivity index (χ0) is 18.4. The molecule has 0 bridgehead atoms. The van der Waals surface area contributed by atoms with Crippen LogP contribution in [0.5, 0.6) is 0 Å². The van der Waals surface area contributed by atoms with Crippen molar-refractivity contribution in [3.63, 3.8) is 0 Å². The standard InChI is InChI=1S/C20H17NO4S/c22-20(21-26(23,24)18-14-8-3-9-15-18)25-19(16-10-4-1-5-11-16)17-12-6-2-7-13-17/h1-15,19H,(H,21,22). The van der Waals surface area contributed by atoms with Crippen molar-refractivity contribution in [2.45, 2.75) is 11.0 Å². The van der Waals surface area contributed by atoms with Crippen molar-refractivity contribution in [1.29, 1.82) is 0 Å². The van der Waals surface area contributed by atoms with Gasteiger partial charge in [-0.25, -0.2) is 17.9 Å². The highest BCUT2D eigenvalue weighted by Gasteiger charge is 2.23. The molecule has 3 aromatic carbocycles. The first-order valence-corrected chi connectivity index (χ1v) is 9.43. The minimum absolute atomic E-state index is 0.00655. The van der Waals surface area contributed by atoms with Gasteiger partial charge < -0.3 is 4.74 Å². The van der Waals surface area contributed by atoms with E-state index in [-0.39, 0.29) is 4.90 Å². The van der Waals surface area contributed by atoms with Gasteiger partial charge in [-0.2, -0.15) is 0 Å². The van der Waals surface area contributed by atoms with Gasteiger partial charge in [0.1, 0.15) is 0 Å². The lowest BCUT2D eigenvalue weighted by Crippen LogP contribution is -2.32. The third-order valence-corrected chi connectivity index (χ3v) is 5.03. The third kappa shape index (κ3) is 4.29. The van der Waals surface area contributed by atoms with Crippen molar-refractivity contribution in [1.82, 2.24) is 4.72 Å². The molecule has 3 rings (SSSR count). The number of ether oxygens (including phenoxy) is 1. The molecule has 0 aliphatic carbocycles. The third-order valence-electron chi connectivity index (χ3n) is 3.70. The topological polar surface area (TPSA) is 72.5 Å². The Labute approximate surface area is 152 Å². The number of amides is 1. The van der Waals surface area contributed by atoms with E-state index in [0.717, 1.165) is 11.1 Å². The van der Waals surface area contributed by atoms with Crippen LogP contribution >= 0.6 is 0 Å². The van der Waals surface area contributed by atoms with E-state index in [1.807, 2.05) is 65.4 Å². The summed E-state index contributed by atoms with van der Waals surface area (Å²) in [4.78, 5) is 12.3. The number of carbonyl (C=O) groups excluding carboxylic acids is 1. The van der Waals surface area contributed by atoms with Gasteiger partial charge in [0, 0.05) is 0 Å². The van der Waals surface area contributed by atoms with Crippen LogP contribution in [0.4, 0.5) is 4.79 Å². The summed E-state index contributed by atoms with van der Waals surface area (Å²) in [6.07, 6.45) is -1.75. The van der Waals surface area contributed by atoms with Gasteiger partial charge in [-0.15, -0.1) is 0 Å². The molecule has 0 saturated heterocycles. The first-order chi connectivity index (χ1) is 12.6. The molecule has 0 spiro atoms. The van der Waals surface area contributed by atoms with E-state index in [0.29, 0.717) is 0 Å². The zero-order valence-electron chi connectivity index (χ0n) is 13.8. The smallest absolute Gasteiger partial charge is 0.422 e. The molecule has 0 fully saturated rings. The highest BCUT2D eigenvalue weighted by Crippen LogP contribution is 2.26. The fraction of sp³-hybridized carbons (Fsp3) is 0.0500. The molecule has 0 heterocycles. The molecule has 0 radical (unpaired) electrons. The lowest BCUT2D eigenvalue weighted by atomic mass is 10.0. The Kier molecular flexibility index (Phi) is 5.34. The van der Waals surface area contributed by atoms with E-state index in [2.05, 4.69) is 0 Å². The van der Waals surface area contributed by atoms with Crippen LogP contribution < -0.4 is 4.72 Å². The fourth-order valence-electron chi connectivity index (χ4n) is 2.48. The number of hydrogen-bond acceptors (Lipinski definition) is 4. The molecule has 0 aliphatic heterocycles. The van der Waals surface area contributed by atoms with Crippen molar-refractivity contribution >= 4 is 16.1 Å². The largest absolute Gasteiger partial charge is 0.436 e. The second kappa shape index (κ2) is 7.84. The Morgan fingerprint density at radius 2 is 1.15 bits per heavy atom. The van der Waals surface area contributed by atoms with Gasteiger partial charge in [0.25, 0.3) is 10.0 Å². The van der Waals surface area contributed by atoms with Gasteiger partial charge in [0.15, 0.2) is 6.10 Å². The normalized spacial score (nSPS) is 11.1. The van der Waals surface area contributed by atoms with Gasteiger partial charge in [0.2, 0.25) is 0 Å². The molecular formula is C20H17NO4S. The molecule has 132 valence electrons. The molecule has 0 aromatic heterocycles. The molecule has 3 aromatic rings. The van der Waals surface area contributed by atoms with Crippen molar-refractivity contribution in [3.8, 4) is 0 Å². The van der Waals surface area contributed by atoms with Crippen LogP contribution in [-0.4, -0.2) is 14.5 Å². The average molecular weight is 367 g/mol. The van der Waals surface area contributed by atoms with Crippen molar-refractivity contribution in [2.24, 2.45) is 0 Å². The summed E-state index contributed by atoms with van der Waals surface area (Å²) >= 11 is 0. The summed E-state index contributed by atoms with van der Waals surface area (Å²) in [5, 5.41) is 0. The van der Waals surface area contributed by atoms with Crippen molar-refractivity contribution in [3.05, 3.63) is 102 Å². The first kappa shape index (κ1) is 17.7. The maximum atomic E-state index is 12.3. The predicted molar refractivity (Wildman–Crippen MR) is 98.0 cm³/mol. The van der Waals surface area contributed by atoms with Crippen LogP contribution in [0, 0.1) is 0 Å². The van der Waals surface area contributed by atoms with Crippen LogP contribution in [-0.2, 0) is 14.8 Å². The molecular weight excluding hydrogens is 350 g/mol. The van der Waals surface area contributed by atoms with Crippen LogP contribution in [0.3, 0.4) is 0 Å². The number of rotatable bonds is 5. The molecule has 0 saturated carbocycles. The Hall–Kier alpha value is -3.12. The maximum Gasteiger partial charge on any atom is 0.422 e. The van der Waals surface area contributed by atoms with Gasteiger partial charge in [0.05, 0.1) is 4.90 Å². The van der Waals surface area contributed by atoms with Gasteiger partial charge in [-0.3, -0.25) is 0 Å². The van der Waals surface area contributed by atoms with Crippen LogP contribution in [0.25, 0.3) is 0 Å². The summed E-state index contributed by atoms with van der Waals surface area (Å²) < 4.78 is 32.0. The summed E-state index contributed by atoms with van der Waals surface area (Å²) in [6.45, 7) is 0. The summed E-state index contributed by atoms with van der Waals surface area (Å²) in [7, 11) is -3.99. The van der Waals surface area contributed by atoms with Crippen molar-refractivity contribution < 1.29 is 17.9 Å². The maximum absolute atomic E-state index is 12.3. The number of sulfonamides is 1.